The summed E-state index contributed by atoms with van der Waals surface area (Å²) in [6.45, 7) is 4.69. The lowest BCUT2D eigenvalue weighted by Gasteiger charge is -2.48. The zero-order valence-corrected chi connectivity index (χ0v) is 14.2. The second-order valence-electron chi connectivity index (χ2n) is 6.78. The number of methoxy groups -OCH3 is 2. The molecule has 0 radical (unpaired) electrons. The van der Waals surface area contributed by atoms with Crippen molar-refractivity contribution in [3.05, 3.63) is 48.1 Å². The summed E-state index contributed by atoms with van der Waals surface area (Å²) in [6.07, 6.45) is 9.04. The minimum atomic E-state index is -0.266. The summed E-state index contributed by atoms with van der Waals surface area (Å²) in [5.41, 5.74) is 2.22. The highest BCUT2D eigenvalue weighted by atomic mass is 16.5. The number of hydrogen-bond acceptors (Lipinski definition) is 3. The molecule has 2 aliphatic heterocycles. The molecule has 0 saturated carbocycles. The number of ether oxygens (including phenoxy) is 2. The van der Waals surface area contributed by atoms with Gasteiger partial charge in [-0.3, -0.25) is 4.79 Å². The number of rotatable bonds is 3. The zero-order valence-electron chi connectivity index (χ0n) is 14.2. The van der Waals surface area contributed by atoms with Crippen molar-refractivity contribution in [3.63, 3.8) is 0 Å². The first-order valence-corrected chi connectivity index (χ1v) is 8.53. The standard InChI is InChI=1S/C20H23NO3/c1-4-14-15-7-5-6-9-20(15)16-12-18(24-3)17(23-2)11-13(16)8-10-21(20)19(14)22/h4-5,7,11-12,14-15H,1,6,8-10H2,2-3H3/t14-,15+,20+/m1/s1. The molecule has 3 aliphatic rings. The smallest absolute Gasteiger partial charge is 0.230 e. The van der Waals surface area contributed by atoms with E-state index in [-0.39, 0.29) is 23.3 Å². The van der Waals surface area contributed by atoms with Gasteiger partial charge in [0.2, 0.25) is 5.91 Å². The van der Waals surface area contributed by atoms with Crippen LogP contribution in [0.3, 0.4) is 0 Å². The van der Waals surface area contributed by atoms with Crippen LogP contribution in [0.2, 0.25) is 0 Å². The molecule has 1 fully saturated rings. The Morgan fingerprint density at radius 3 is 2.75 bits per heavy atom. The molecule has 1 aromatic carbocycles. The van der Waals surface area contributed by atoms with Crippen molar-refractivity contribution < 1.29 is 14.3 Å². The minimum absolute atomic E-state index is 0.138. The monoisotopic (exact) mass is 325 g/mol. The van der Waals surface area contributed by atoms with Crippen LogP contribution in [0.5, 0.6) is 11.5 Å². The highest BCUT2D eigenvalue weighted by Crippen LogP contribution is 2.56. The van der Waals surface area contributed by atoms with Crippen LogP contribution in [-0.4, -0.2) is 31.6 Å². The molecule has 1 aromatic rings. The fourth-order valence-electron chi connectivity index (χ4n) is 4.91. The van der Waals surface area contributed by atoms with Crippen LogP contribution in [-0.2, 0) is 16.8 Å². The Bertz CT molecular complexity index is 739. The van der Waals surface area contributed by atoms with Gasteiger partial charge >= 0.3 is 0 Å². The SMILES string of the molecule is C=C[C@H]1C(=O)N2CCc3cc(OC)c(OC)cc3[C@@]23CCC=C[C@@H]13. The Hall–Kier alpha value is -2.23. The molecule has 0 bridgehead atoms. The highest BCUT2D eigenvalue weighted by Gasteiger charge is 2.59. The van der Waals surface area contributed by atoms with Crippen LogP contribution in [0.4, 0.5) is 0 Å². The first-order chi connectivity index (χ1) is 11.7. The van der Waals surface area contributed by atoms with E-state index < -0.39 is 0 Å². The third-order valence-electron chi connectivity index (χ3n) is 5.94. The summed E-state index contributed by atoms with van der Waals surface area (Å²) in [7, 11) is 3.32. The summed E-state index contributed by atoms with van der Waals surface area (Å²) < 4.78 is 11.0. The normalized spacial score (nSPS) is 30.4. The van der Waals surface area contributed by atoms with Gasteiger partial charge in [-0.1, -0.05) is 18.2 Å². The lowest BCUT2D eigenvalue weighted by atomic mass is 9.67. The Balaban J connectivity index is 1.96. The number of benzene rings is 1. The quantitative estimate of drug-likeness (QED) is 0.802. The summed E-state index contributed by atoms with van der Waals surface area (Å²) in [5, 5.41) is 0. The van der Waals surface area contributed by atoms with Gasteiger partial charge in [-0.2, -0.15) is 0 Å². The number of nitrogens with zero attached hydrogens (tertiary/aromatic N) is 1. The first-order valence-electron chi connectivity index (χ1n) is 8.53. The molecule has 2 heterocycles. The lowest BCUT2D eigenvalue weighted by Crippen LogP contribution is -2.51. The van der Waals surface area contributed by atoms with Crippen molar-refractivity contribution in [2.45, 2.75) is 24.8 Å². The van der Waals surface area contributed by atoms with Crippen LogP contribution in [0.25, 0.3) is 0 Å². The Morgan fingerprint density at radius 1 is 1.29 bits per heavy atom. The fourth-order valence-corrected chi connectivity index (χ4v) is 4.91. The van der Waals surface area contributed by atoms with Gasteiger partial charge in [-0.15, -0.1) is 6.58 Å². The van der Waals surface area contributed by atoms with Crippen LogP contribution in [0, 0.1) is 11.8 Å². The van der Waals surface area contributed by atoms with E-state index >= 15 is 0 Å². The summed E-state index contributed by atoms with van der Waals surface area (Å²) in [4.78, 5) is 15.1. The topological polar surface area (TPSA) is 38.8 Å². The van der Waals surface area contributed by atoms with Crippen molar-refractivity contribution >= 4 is 5.91 Å². The molecular formula is C20H23NO3. The van der Waals surface area contributed by atoms with Crippen molar-refractivity contribution in [2.75, 3.05) is 20.8 Å². The van der Waals surface area contributed by atoms with Gasteiger partial charge in [0.1, 0.15) is 0 Å². The van der Waals surface area contributed by atoms with E-state index in [9.17, 15) is 4.79 Å². The number of carbonyl (C=O) groups excluding carboxylic acids is 1. The third-order valence-corrected chi connectivity index (χ3v) is 5.94. The van der Waals surface area contributed by atoms with E-state index in [4.69, 9.17) is 9.47 Å². The van der Waals surface area contributed by atoms with Crippen LogP contribution in [0.15, 0.2) is 36.9 Å². The van der Waals surface area contributed by atoms with Crippen molar-refractivity contribution in [1.29, 1.82) is 0 Å². The predicted octanol–water partition coefficient (Wildman–Crippen LogP) is 3.07. The largest absolute Gasteiger partial charge is 0.493 e. The molecule has 4 nitrogen and oxygen atoms in total. The third kappa shape index (κ3) is 1.77. The zero-order chi connectivity index (χ0) is 16.9. The number of amides is 1. The van der Waals surface area contributed by atoms with Crippen molar-refractivity contribution in [1.82, 2.24) is 4.90 Å². The van der Waals surface area contributed by atoms with Gasteiger partial charge in [0.15, 0.2) is 11.5 Å². The molecular weight excluding hydrogens is 302 g/mol. The number of allylic oxidation sites excluding steroid dienone is 1. The van der Waals surface area contributed by atoms with Crippen LogP contribution < -0.4 is 9.47 Å². The van der Waals surface area contributed by atoms with Gasteiger partial charge < -0.3 is 14.4 Å². The Kier molecular flexibility index (Phi) is 3.44. The van der Waals surface area contributed by atoms with E-state index in [1.807, 2.05) is 6.08 Å². The maximum Gasteiger partial charge on any atom is 0.230 e. The molecule has 1 aliphatic carbocycles. The molecule has 1 saturated heterocycles. The lowest BCUT2D eigenvalue weighted by molar-refractivity contribution is -0.133. The molecule has 0 N–H and O–H groups in total. The summed E-state index contributed by atoms with van der Waals surface area (Å²) in [5.74, 6) is 1.71. The Morgan fingerprint density at radius 2 is 2.04 bits per heavy atom. The van der Waals surface area contributed by atoms with Crippen LogP contribution >= 0.6 is 0 Å². The number of hydrogen-bond donors (Lipinski definition) is 0. The molecule has 24 heavy (non-hydrogen) atoms. The number of fused-ring (bicyclic) bond motifs is 1. The molecule has 126 valence electrons. The average molecular weight is 325 g/mol. The van der Waals surface area contributed by atoms with Gasteiger partial charge in [0.05, 0.1) is 25.7 Å². The van der Waals surface area contributed by atoms with Gasteiger partial charge in [-0.25, -0.2) is 0 Å². The maximum atomic E-state index is 13.0. The average Bonchev–Trinajstić information content (AvgIpc) is 2.88. The van der Waals surface area contributed by atoms with E-state index in [1.54, 1.807) is 14.2 Å². The molecule has 3 atom stereocenters. The second kappa shape index (κ2) is 5.40. The molecule has 4 rings (SSSR count). The molecule has 0 aromatic heterocycles. The van der Waals surface area contributed by atoms with Gasteiger partial charge in [0.25, 0.3) is 0 Å². The van der Waals surface area contributed by atoms with E-state index in [0.29, 0.717) is 0 Å². The predicted molar refractivity (Wildman–Crippen MR) is 92.2 cm³/mol. The molecule has 1 spiro atoms. The maximum absolute atomic E-state index is 13.0. The van der Waals surface area contributed by atoms with E-state index in [1.165, 1.54) is 11.1 Å². The van der Waals surface area contributed by atoms with Crippen molar-refractivity contribution in [3.8, 4) is 11.5 Å². The molecule has 0 unspecified atom stereocenters. The molecule has 1 amide bonds. The second-order valence-corrected chi connectivity index (χ2v) is 6.78. The van der Waals surface area contributed by atoms with Gasteiger partial charge in [-0.05, 0) is 42.5 Å². The summed E-state index contributed by atoms with van der Waals surface area (Å²) >= 11 is 0. The number of carbonyl (C=O) groups is 1. The van der Waals surface area contributed by atoms with Crippen LogP contribution in [0.1, 0.15) is 24.0 Å². The van der Waals surface area contributed by atoms with Crippen molar-refractivity contribution in [2.24, 2.45) is 11.8 Å². The summed E-state index contributed by atoms with van der Waals surface area (Å²) in [6, 6.07) is 4.17. The Labute approximate surface area is 142 Å². The highest BCUT2D eigenvalue weighted by molar-refractivity contribution is 5.86. The fraction of sp³-hybridized carbons (Fsp3) is 0.450. The van der Waals surface area contributed by atoms with E-state index in [2.05, 4.69) is 35.8 Å². The van der Waals surface area contributed by atoms with Gasteiger partial charge in [0, 0.05) is 12.5 Å². The van der Waals surface area contributed by atoms with E-state index in [0.717, 1.165) is 37.3 Å². The minimum Gasteiger partial charge on any atom is -0.493 e. The first kappa shape index (κ1) is 15.3. The molecule has 4 heteroatoms.